The van der Waals surface area contributed by atoms with Crippen molar-refractivity contribution in [1.29, 1.82) is 0 Å². The van der Waals surface area contributed by atoms with Crippen LogP contribution in [-0.4, -0.2) is 45.2 Å². The maximum Gasteiger partial charge on any atom is 0.144 e. The summed E-state index contributed by atoms with van der Waals surface area (Å²) in [5.74, 6) is 1.51. The summed E-state index contributed by atoms with van der Waals surface area (Å²) in [7, 11) is 4.30. The van der Waals surface area contributed by atoms with Crippen LogP contribution in [0, 0.1) is 5.92 Å². The highest BCUT2D eigenvalue weighted by Crippen LogP contribution is 2.32. The lowest BCUT2D eigenvalue weighted by Crippen LogP contribution is -2.27. The van der Waals surface area contributed by atoms with Crippen LogP contribution in [-0.2, 0) is 0 Å². The number of likely N-dealkylation sites (tertiary alicyclic amines) is 1. The standard InChI is InChI=1S/C15H25N3O/c1-4-19-14-7-5-6-13(15(14)16)18(3)11-12-8-9-17(2)10-12/h5-7,12H,4,8-11,16H2,1-3H3. The van der Waals surface area contributed by atoms with Gasteiger partial charge in [0.05, 0.1) is 18.0 Å². The summed E-state index contributed by atoms with van der Waals surface area (Å²) in [6.07, 6.45) is 1.27. The van der Waals surface area contributed by atoms with Crippen molar-refractivity contribution < 1.29 is 4.74 Å². The molecule has 0 radical (unpaired) electrons. The van der Waals surface area contributed by atoms with Crippen molar-refractivity contribution in [2.75, 3.05) is 51.0 Å². The molecule has 1 aliphatic heterocycles. The Bertz CT molecular complexity index is 422. The summed E-state index contributed by atoms with van der Waals surface area (Å²) in [5.41, 5.74) is 8.01. The molecule has 106 valence electrons. The average molecular weight is 263 g/mol. The SMILES string of the molecule is CCOc1cccc(N(C)CC2CCN(C)C2)c1N. The third kappa shape index (κ3) is 3.32. The zero-order valence-corrected chi connectivity index (χ0v) is 12.2. The van der Waals surface area contributed by atoms with E-state index >= 15 is 0 Å². The molecule has 1 saturated heterocycles. The molecule has 1 unspecified atom stereocenters. The first-order valence-electron chi connectivity index (χ1n) is 7.02. The lowest BCUT2D eigenvalue weighted by atomic mass is 10.1. The van der Waals surface area contributed by atoms with Gasteiger partial charge in [-0.1, -0.05) is 6.07 Å². The number of hydrogen-bond acceptors (Lipinski definition) is 4. The van der Waals surface area contributed by atoms with Gasteiger partial charge in [-0.05, 0) is 45.0 Å². The van der Waals surface area contributed by atoms with Crippen LogP contribution < -0.4 is 15.4 Å². The zero-order valence-electron chi connectivity index (χ0n) is 12.2. The summed E-state index contributed by atoms with van der Waals surface area (Å²) in [6, 6.07) is 6.00. The van der Waals surface area contributed by atoms with Crippen molar-refractivity contribution >= 4 is 11.4 Å². The Morgan fingerprint density at radius 1 is 1.47 bits per heavy atom. The van der Waals surface area contributed by atoms with E-state index in [9.17, 15) is 0 Å². The molecule has 1 fully saturated rings. The van der Waals surface area contributed by atoms with E-state index in [0.717, 1.165) is 29.6 Å². The van der Waals surface area contributed by atoms with Gasteiger partial charge in [0.25, 0.3) is 0 Å². The fourth-order valence-corrected chi connectivity index (χ4v) is 2.81. The summed E-state index contributed by atoms with van der Waals surface area (Å²) in [6.45, 7) is 6.04. The van der Waals surface area contributed by atoms with Crippen molar-refractivity contribution in [3.63, 3.8) is 0 Å². The molecule has 1 aliphatic rings. The van der Waals surface area contributed by atoms with Gasteiger partial charge in [-0.3, -0.25) is 0 Å². The molecule has 0 saturated carbocycles. The van der Waals surface area contributed by atoms with E-state index in [0.29, 0.717) is 6.61 Å². The second-order valence-electron chi connectivity index (χ2n) is 5.42. The second kappa shape index (κ2) is 6.15. The first-order valence-corrected chi connectivity index (χ1v) is 7.02. The number of anilines is 2. The topological polar surface area (TPSA) is 41.7 Å². The van der Waals surface area contributed by atoms with Gasteiger partial charge in [-0.15, -0.1) is 0 Å². The molecule has 0 amide bonds. The normalized spacial score (nSPS) is 19.6. The molecular formula is C15H25N3O. The van der Waals surface area contributed by atoms with E-state index in [1.807, 2.05) is 19.1 Å². The van der Waals surface area contributed by atoms with Gasteiger partial charge >= 0.3 is 0 Å². The van der Waals surface area contributed by atoms with E-state index < -0.39 is 0 Å². The minimum Gasteiger partial charge on any atom is -0.492 e. The van der Waals surface area contributed by atoms with Crippen molar-refractivity contribution in [2.45, 2.75) is 13.3 Å². The largest absolute Gasteiger partial charge is 0.492 e. The van der Waals surface area contributed by atoms with Crippen LogP contribution in [0.4, 0.5) is 11.4 Å². The van der Waals surface area contributed by atoms with Crippen LogP contribution >= 0.6 is 0 Å². The van der Waals surface area contributed by atoms with Crippen molar-refractivity contribution in [3.05, 3.63) is 18.2 Å². The van der Waals surface area contributed by atoms with Crippen LogP contribution in [0.25, 0.3) is 0 Å². The number of para-hydroxylation sites is 1. The number of nitrogen functional groups attached to an aromatic ring is 1. The quantitative estimate of drug-likeness (QED) is 0.826. The van der Waals surface area contributed by atoms with E-state index in [1.165, 1.54) is 19.5 Å². The van der Waals surface area contributed by atoms with E-state index in [-0.39, 0.29) is 0 Å². The molecular weight excluding hydrogens is 238 g/mol. The lowest BCUT2D eigenvalue weighted by molar-refractivity contribution is 0.342. The van der Waals surface area contributed by atoms with Gasteiger partial charge in [-0.25, -0.2) is 0 Å². The number of hydrogen-bond donors (Lipinski definition) is 1. The third-order valence-electron chi connectivity index (χ3n) is 3.78. The molecule has 1 aromatic rings. The summed E-state index contributed by atoms with van der Waals surface area (Å²) < 4.78 is 5.55. The minimum atomic E-state index is 0.644. The molecule has 0 aliphatic carbocycles. The van der Waals surface area contributed by atoms with Crippen molar-refractivity contribution in [1.82, 2.24) is 4.90 Å². The van der Waals surface area contributed by atoms with Gasteiger partial charge in [-0.2, -0.15) is 0 Å². The van der Waals surface area contributed by atoms with Crippen LogP contribution in [0.5, 0.6) is 5.75 Å². The molecule has 2 N–H and O–H groups in total. The van der Waals surface area contributed by atoms with Crippen LogP contribution in [0.1, 0.15) is 13.3 Å². The number of nitrogens with zero attached hydrogens (tertiary/aromatic N) is 2. The highest BCUT2D eigenvalue weighted by molar-refractivity contribution is 5.73. The monoisotopic (exact) mass is 263 g/mol. The second-order valence-corrected chi connectivity index (χ2v) is 5.42. The summed E-state index contributed by atoms with van der Waals surface area (Å²) in [4.78, 5) is 4.64. The predicted molar refractivity (Wildman–Crippen MR) is 80.9 cm³/mol. The molecule has 4 heteroatoms. The van der Waals surface area contributed by atoms with Gasteiger partial charge in [0.1, 0.15) is 5.75 Å². The first-order chi connectivity index (χ1) is 9.11. The van der Waals surface area contributed by atoms with E-state index in [2.05, 4.69) is 30.0 Å². The molecule has 1 aromatic carbocycles. The molecule has 0 aromatic heterocycles. The molecule has 4 nitrogen and oxygen atoms in total. The fraction of sp³-hybridized carbons (Fsp3) is 0.600. The summed E-state index contributed by atoms with van der Waals surface area (Å²) >= 11 is 0. The number of nitrogens with two attached hydrogens (primary N) is 1. The van der Waals surface area contributed by atoms with Crippen LogP contribution in [0.2, 0.25) is 0 Å². The fourth-order valence-electron chi connectivity index (χ4n) is 2.81. The third-order valence-corrected chi connectivity index (χ3v) is 3.78. The summed E-state index contributed by atoms with van der Waals surface area (Å²) in [5, 5.41) is 0. The van der Waals surface area contributed by atoms with Crippen molar-refractivity contribution in [2.24, 2.45) is 5.92 Å². The van der Waals surface area contributed by atoms with E-state index in [1.54, 1.807) is 0 Å². The Hall–Kier alpha value is -1.42. The Labute approximate surface area is 116 Å². The molecule has 19 heavy (non-hydrogen) atoms. The van der Waals surface area contributed by atoms with Crippen LogP contribution in [0.15, 0.2) is 18.2 Å². The molecule has 0 bridgehead atoms. The Morgan fingerprint density at radius 3 is 2.89 bits per heavy atom. The Balaban J connectivity index is 2.06. The van der Waals surface area contributed by atoms with E-state index in [4.69, 9.17) is 10.5 Å². The molecule has 1 heterocycles. The number of ether oxygens (including phenoxy) is 1. The first kappa shape index (κ1) is 14.0. The van der Waals surface area contributed by atoms with Gasteiger partial charge in [0.2, 0.25) is 0 Å². The van der Waals surface area contributed by atoms with Crippen molar-refractivity contribution in [3.8, 4) is 5.75 Å². The smallest absolute Gasteiger partial charge is 0.144 e. The average Bonchev–Trinajstić information content (AvgIpc) is 2.77. The predicted octanol–water partition coefficient (Wildman–Crippen LogP) is 2.06. The maximum atomic E-state index is 6.19. The molecule has 0 spiro atoms. The molecule has 1 atom stereocenters. The van der Waals surface area contributed by atoms with Crippen LogP contribution in [0.3, 0.4) is 0 Å². The molecule has 2 rings (SSSR count). The maximum absolute atomic E-state index is 6.19. The number of benzene rings is 1. The zero-order chi connectivity index (χ0) is 13.8. The highest BCUT2D eigenvalue weighted by atomic mass is 16.5. The lowest BCUT2D eigenvalue weighted by Gasteiger charge is -2.25. The minimum absolute atomic E-state index is 0.644. The van der Waals surface area contributed by atoms with Gasteiger partial charge in [0.15, 0.2) is 0 Å². The Kier molecular flexibility index (Phi) is 4.53. The Morgan fingerprint density at radius 2 is 2.26 bits per heavy atom. The highest BCUT2D eigenvalue weighted by Gasteiger charge is 2.21. The van der Waals surface area contributed by atoms with Gasteiger partial charge in [0, 0.05) is 20.1 Å². The van der Waals surface area contributed by atoms with Gasteiger partial charge < -0.3 is 20.3 Å². The number of rotatable bonds is 5.